The van der Waals surface area contributed by atoms with Gasteiger partial charge < -0.3 is 0 Å². The summed E-state index contributed by atoms with van der Waals surface area (Å²) in [5.74, 6) is -0.185. The first-order valence-corrected chi connectivity index (χ1v) is 4.92. The van der Waals surface area contributed by atoms with Crippen molar-refractivity contribution >= 4 is 23.2 Å². The smallest absolute Gasteiger partial charge is 0.262 e. The first-order valence-electron chi connectivity index (χ1n) is 4.54. The minimum atomic E-state index is -0.185. The fourth-order valence-corrected chi connectivity index (χ4v) is 1.19. The SMILES string of the molecule is CC(C)=CC(=O)NNc1cccc(Cl)c1. The molecule has 0 heterocycles. The predicted molar refractivity (Wildman–Crippen MR) is 62.6 cm³/mol. The summed E-state index contributed by atoms with van der Waals surface area (Å²) in [7, 11) is 0. The Labute approximate surface area is 94.1 Å². The summed E-state index contributed by atoms with van der Waals surface area (Å²) in [6.45, 7) is 3.72. The van der Waals surface area contributed by atoms with Crippen LogP contribution in [0.15, 0.2) is 35.9 Å². The molecule has 1 aromatic rings. The number of benzene rings is 1. The maximum atomic E-state index is 11.2. The minimum Gasteiger partial charge on any atom is -0.298 e. The Hall–Kier alpha value is -1.48. The molecule has 0 saturated carbocycles. The highest BCUT2D eigenvalue weighted by atomic mass is 35.5. The van der Waals surface area contributed by atoms with E-state index in [1.165, 1.54) is 6.08 Å². The van der Waals surface area contributed by atoms with E-state index in [-0.39, 0.29) is 5.91 Å². The van der Waals surface area contributed by atoms with E-state index in [0.717, 1.165) is 11.3 Å². The fourth-order valence-electron chi connectivity index (χ4n) is 0.998. The third-order valence-corrected chi connectivity index (χ3v) is 1.81. The number of allylic oxidation sites excluding steroid dienone is 1. The van der Waals surface area contributed by atoms with Crippen molar-refractivity contribution in [2.24, 2.45) is 0 Å². The lowest BCUT2D eigenvalue weighted by Gasteiger charge is -2.06. The number of hydrazine groups is 1. The van der Waals surface area contributed by atoms with Gasteiger partial charge in [-0.15, -0.1) is 0 Å². The van der Waals surface area contributed by atoms with E-state index >= 15 is 0 Å². The molecular formula is C11H13ClN2O. The van der Waals surface area contributed by atoms with Crippen molar-refractivity contribution in [3.05, 3.63) is 40.9 Å². The number of anilines is 1. The van der Waals surface area contributed by atoms with Gasteiger partial charge in [0.1, 0.15) is 0 Å². The number of hydrogen-bond donors (Lipinski definition) is 2. The van der Waals surface area contributed by atoms with E-state index < -0.39 is 0 Å². The van der Waals surface area contributed by atoms with Crippen molar-refractivity contribution in [2.45, 2.75) is 13.8 Å². The van der Waals surface area contributed by atoms with Crippen LogP contribution in [0.2, 0.25) is 5.02 Å². The van der Waals surface area contributed by atoms with E-state index in [9.17, 15) is 4.79 Å². The van der Waals surface area contributed by atoms with Crippen LogP contribution in [0, 0.1) is 0 Å². The van der Waals surface area contributed by atoms with Crippen molar-refractivity contribution in [3.8, 4) is 0 Å². The molecule has 0 unspecified atom stereocenters. The van der Waals surface area contributed by atoms with E-state index in [0.29, 0.717) is 5.02 Å². The number of carbonyl (C=O) groups is 1. The van der Waals surface area contributed by atoms with E-state index in [1.807, 2.05) is 19.9 Å². The summed E-state index contributed by atoms with van der Waals surface area (Å²) in [6.07, 6.45) is 1.51. The molecule has 0 spiro atoms. The second-order valence-electron chi connectivity index (χ2n) is 3.35. The molecule has 1 aromatic carbocycles. The van der Waals surface area contributed by atoms with Gasteiger partial charge in [-0.2, -0.15) is 0 Å². The highest BCUT2D eigenvalue weighted by molar-refractivity contribution is 6.30. The van der Waals surface area contributed by atoms with Crippen LogP contribution in [0.1, 0.15) is 13.8 Å². The second kappa shape index (κ2) is 5.41. The lowest BCUT2D eigenvalue weighted by atomic mass is 10.3. The normalized spacial score (nSPS) is 9.27. The third kappa shape index (κ3) is 4.51. The molecule has 1 rings (SSSR count). The van der Waals surface area contributed by atoms with Gasteiger partial charge in [-0.3, -0.25) is 15.6 Å². The average Bonchev–Trinajstić information content (AvgIpc) is 2.14. The van der Waals surface area contributed by atoms with Crippen molar-refractivity contribution < 1.29 is 4.79 Å². The monoisotopic (exact) mass is 224 g/mol. The summed E-state index contributed by atoms with van der Waals surface area (Å²) < 4.78 is 0. The van der Waals surface area contributed by atoms with Crippen molar-refractivity contribution in [1.29, 1.82) is 0 Å². The quantitative estimate of drug-likeness (QED) is 0.612. The number of rotatable bonds is 3. The van der Waals surface area contributed by atoms with Gasteiger partial charge >= 0.3 is 0 Å². The van der Waals surface area contributed by atoms with Gasteiger partial charge in [-0.1, -0.05) is 23.2 Å². The Morgan fingerprint density at radius 1 is 1.40 bits per heavy atom. The molecule has 15 heavy (non-hydrogen) atoms. The topological polar surface area (TPSA) is 41.1 Å². The molecular weight excluding hydrogens is 212 g/mol. The Kier molecular flexibility index (Phi) is 4.18. The van der Waals surface area contributed by atoms with Crippen LogP contribution in [-0.2, 0) is 4.79 Å². The third-order valence-electron chi connectivity index (χ3n) is 1.57. The molecule has 1 amide bonds. The number of carbonyl (C=O) groups excluding carboxylic acids is 1. The molecule has 0 saturated heterocycles. The molecule has 0 aromatic heterocycles. The van der Waals surface area contributed by atoms with Crippen molar-refractivity contribution in [1.82, 2.24) is 5.43 Å². The maximum absolute atomic E-state index is 11.2. The van der Waals surface area contributed by atoms with Crippen LogP contribution in [0.3, 0.4) is 0 Å². The van der Waals surface area contributed by atoms with Crippen LogP contribution in [0.25, 0.3) is 0 Å². The number of amides is 1. The van der Waals surface area contributed by atoms with E-state index in [4.69, 9.17) is 11.6 Å². The highest BCUT2D eigenvalue weighted by Gasteiger charge is 1.96. The Morgan fingerprint density at radius 2 is 2.13 bits per heavy atom. The molecule has 0 aliphatic heterocycles. The highest BCUT2D eigenvalue weighted by Crippen LogP contribution is 2.13. The lowest BCUT2D eigenvalue weighted by molar-refractivity contribution is -0.116. The fraction of sp³-hybridized carbons (Fsp3) is 0.182. The van der Waals surface area contributed by atoms with E-state index in [2.05, 4.69) is 10.9 Å². The van der Waals surface area contributed by atoms with Crippen LogP contribution >= 0.6 is 11.6 Å². The predicted octanol–water partition coefficient (Wildman–Crippen LogP) is 2.75. The lowest BCUT2D eigenvalue weighted by Crippen LogP contribution is -2.27. The van der Waals surface area contributed by atoms with Crippen LogP contribution in [-0.4, -0.2) is 5.91 Å². The largest absolute Gasteiger partial charge is 0.298 e. The van der Waals surface area contributed by atoms with Crippen LogP contribution in [0.4, 0.5) is 5.69 Å². The first kappa shape index (κ1) is 11.6. The summed E-state index contributed by atoms with van der Waals surface area (Å²) >= 11 is 5.78. The molecule has 4 heteroatoms. The van der Waals surface area contributed by atoms with Gasteiger partial charge in [-0.25, -0.2) is 0 Å². The van der Waals surface area contributed by atoms with Gasteiger partial charge in [0.25, 0.3) is 5.91 Å². The summed E-state index contributed by atoms with van der Waals surface area (Å²) in [5.41, 5.74) is 6.99. The van der Waals surface area contributed by atoms with E-state index in [1.54, 1.807) is 18.2 Å². The zero-order valence-corrected chi connectivity index (χ0v) is 9.43. The second-order valence-corrected chi connectivity index (χ2v) is 3.78. The molecule has 2 N–H and O–H groups in total. The number of halogens is 1. The van der Waals surface area contributed by atoms with Gasteiger partial charge in [0.05, 0.1) is 5.69 Å². The Morgan fingerprint density at radius 3 is 2.73 bits per heavy atom. The van der Waals surface area contributed by atoms with Gasteiger partial charge in [-0.05, 0) is 32.0 Å². The molecule has 0 fully saturated rings. The Bertz CT molecular complexity index is 384. The molecule has 0 aliphatic rings. The van der Waals surface area contributed by atoms with Gasteiger partial charge in [0, 0.05) is 11.1 Å². The average molecular weight is 225 g/mol. The molecule has 80 valence electrons. The molecule has 3 nitrogen and oxygen atoms in total. The van der Waals surface area contributed by atoms with Crippen LogP contribution < -0.4 is 10.9 Å². The standard InChI is InChI=1S/C11H13ClN2O/c1-8(2)6-11(15)14-13-10-5-3-4-9(12)7-10/h3-7,13H,1-2H3,(H,14,15). The van der Waals surface area contributed by atoms with Crippen LogP contribution in [0.5, 0.6) is 0 Å². The first-order chi connectivity index (χ1) is 7.08. The molecule has 0 bridgehead atoms. The molecule has 0 radical (unpaired) electrons. The van der Waals surface area contributed by atoms with Crippen molar-refractivity contribution in [3.63, 3.8) is 0 Å². The van der Waals surface area contributed by atoms with Gasteiger partial charge in [0.2, 0.25) is 0 Å². The zero-order valence-electron chi connectivity index (χ0n) is 8.67. The minimum absolute atomic E-state index is 0.185. The summed E-state index contributed by atoms with van der Waals surface area (Å²) in [6, 6.07) is 7.11. The Balaban J connectivity index is 2.51. The molecule has 0 aliphatic carbocycles. The number of hydrogen-bond acceptors (Lipinski definition) is 2. The summed E-state index contributed by atoms with van der Waals surface area (Å²) in [4.78, 5) is 11.2. The molecule has 0 atom stereocenters. The zero-order chi connectivity index (χ0) is 11.3. The number of nitrogens with one attached hydrogen (secondary N) is 2. The maximum Gasteiger partial charge on any atom is 0.262 e. The summed E-state index contributed by atoms with van der Waals surface area (Å²) in [5, 5.41) is 0.622. The van der Waals surface area contributed by atoms with Crippen molar-refractivity contribution in [2.75, 3.05) is 5.43 Å². The van der Waals surface area contributed by atoms with Gasteiger partial charge in [0.15, 0.2) is 0 Å².